The van der Waals surface area contributed by atoms with Gasteiger partial charge in [0.1, 0.15) is 0 Å². The highest BCUT2D eigenvalue weighted by Gasteiger charge is 2.07. The summed E-state index contributed by atoms with van der Waals surface area (Å²) >= 11 is 0. The third-order valence-electron chi connectivity index (χ3n) is 3.92. The maximum atomic E-state index is 10.7. The molecule has 0 aliphatic rings. The molecule has 0 amide bonds. The van der Waals surface area contributed by atoms with Gasteiger partial charge in [-0.05, 0) is 30.9 Å². The minimum absolute atomic E-state index is 0.0980. The van der Waals surface area contributed by atoms with Crippen molar-refractivity contribution in [2.24, 2.45) is 4.99 Å². The lowest BCUT2D eigenvalue weighted by atomic mass is 10.1. The second-order valence-electron chi connectivity index (χ2n) is 5.92. The summed E-state index contributed by atoms with van der Waals surface area (Å²) in [4.78, 5) is 14.5. The Bertz CT molecular complexity index is 699. The van der Waals surface area contributed by atoms with Crippen LogP contribution in [0.5, 0.6) is 0 Å². The van der Waals surface area contributed by atoms with E-state index in [0.717, 1.165) is 24.4 Å². The number of nitro groups is 1. The van der Waals surface area contributed by atoms with Crippen molar-refractivity contribution in [3.8, 4) is 0 Å². The van der Waals surface area contributed by atoms with Crippen LogP contribution in [0.4, 0.5) is 5.69 Å². The topological polar surface area (TPSA) is 79.6 Å². The smallest absolute Gasteiger partial charge is 0.269 e. The third-order valence-corrected chi connectivity index (χ3v) is 3.92. The number of aryl methyl sites for hydroxylation is 1. The number of nitro benzene ring substituents is 1. The Kier molecular flexibility index (Phi) is 6.95. The Labute approximate surface area is 148 Å². The van der Waals surface area contributed by atoms with Crippen molar-refractivity contribution in [3.05, 3.63) is 75.8 Å². The van der Waals surface area contributed by atoms with Crippen LogP contribution in [-0.2, 0) is 13.0 Å². The van der Waals surface area contributed by atoms with Gasteiger partial charge in [-0.3, -0.25) is 15.1 Å². The number of rotatable bonds is 7. The average Bonchev–Trinajstić information content (AvgIpc) is 2.64. The predicted octanol–water partition coefficient (Wildman–Crippen LogP) is 3.28. The number of hydrogen-bond donors (Lipinski definition) is 2. The Morgan fingerprint density at radius 3 is 2.40 bits per heavy atom. The molecule has 0 heterocycles. The molecule has 0 saturated carbocycles. The molecule has 6 heteroatoms. The van der Waals surface area contributed by atoms with Gasteiger partial charge < -0.3 is 10.6 Å². The standard InChI is InChI=1S/C19H24N4O2/c1-15(8-9-16-6-4-3-5-7-16)22-19(20-2)21-14-17-10-12-18(13-11-17)23(24)25/h3-7,10-13,15H,8-9,14H2,1-2H3,(H2,20,21,22). The van der Waals surface area contributed by atoms with Crippen molar-refractivity contribution in [2.75, 3.05) is 7.05 Å². The molecule has 2 rings (SSSR count). The third kappa shape index (κ3) is 6.25. The molecule has 0 spiro atoms. The largest absolute Gasteiger partial charge is 0.354 e. The molecule has 2 N–H and O–H groups in total. The minimum atomic E-state index is -0.397. The summed E-state index contributed by atoms with van der Waals surface area (Å²) in [5.74, 6) is 0.721. The Balaban J connectivity index is 1.78. The van der Waals surface area contributed by atoms with Gasteiger partial charge in [-0.15, -0.1) is 0 Å². The molecule has 6 nitrogen and oxygen atoms in total. The van der Waals surface area contributed by atoms with Gasteiger partial charge in [0.25, 0.3) is 5.69 Å². The van der Waals surface area contributed by atoms with Crippen LogP contribution in [-0.4, -0.2) is 24.0 Å². The van der Waals surface area contributed by atoms with E-state index in [1.807, 2.05) is 6.07 Å². The number of aliphatic imine (C=N–C) groups is 1. The quantitative estimate of drug-likeness (QED) is 0.351. The highest BCUT2D eigenvalue weighted by Crippen LogP contribution is 2.11. The maximum Gasteiger partial charge on any atom is 0.269 e. The number of benzene rings is 2. The second-order valence-corrected chi connectivity index (χ2v) is 5.92. The molecular formula is C19H24N4O2. The van der Waals surface area contributed by atoms with Gasteiger partial charge in [-0.1, -0.05) is 42.5 Å². The monoisotopic (exact) mass is 340 g/mol. The van der Waals surface area contributed by atoms with E-state index in [4.69, 9.17) is 0 Å². The van der Waals surface area contributed by atoms with Gasteiger partial charge in [0.2, 0.25) is 0 Å². The Morgan fingerprint density at radius 1 is 1.12 bits per heavy atom. The lowest BCUT2D eigenvalue weighted by Gasteiger charge is -2.18. The average molecular weight is 340 g/mol. The highest BCUT2D eigenvalue weighted by molar-refractivity contribution is 5.79. The van der Waals surface area contributed by atoms with E-state index in [2.05, 4.69) is 46.8 Å². The van der Waals surface area contributed by atoms with Crippen molar-refractivity contribution in [3.63, 3.8) is 0 Å². The van der Waals surface area contributed by atoms with Crippen LogP contribution >= 0.6 is 0 Å². The molecule has 2 aromatic rings. The fraction of sp³-hybridized carbons (Fsp3) is 0.316. The SMILES string of the molecule is CN=C(NCc1ccc([N+](=O)[O-])cc1)NC(C)CCc1ccccc1. The predicted molar refractivity (Wildman–Crippen MR) is 101 cm³/mol. The molecule has 0 aliphatic heterocycles. The van der Waals surface area contributed by atoms with Crippen molar-refractivity contribution >= 4 is 11.6 Å². The van der Waals surface area contributed by atoms with Crippen LogP contribution < -0.4 is 10.6 Å². The Hall–Kier alpha value is -2.89. The van der Waals surface area contributed by atoms with Crippen LogP contribution in [0.3, 0.4) is 0 Å². The molecule has 25 heavy (non-hydrogen) atoms. The summed E-state index contributed by atoms with van der Waals surface area (Å²) in [5.41, 5.74) is 2.39. The van der Waals surface area contributed by atoms with Gasteiger partial charge >= 0.3 is 0 Å². The van der Waals surface area contributed by atoms with Gasteiger partial charge in [0, 0.05) is 31.8 Å². The normalized spacial score (nSPS) is 12.5. The molecule has 0 aliphatic carbocycles. The lowest BCUT2D eigenvalue weighted by Crippen LogP contribution is -2.42. The molecule has 0 aromatic heterocycles. The Morgan fingerprint density at radius 2 is 1.80 bits per heavy atom. The van der Waals surface area contributed by atoms with E-state index < -0.39 is 4.92 Å². The molecule has 1 atom stereocenters. The highest BCUT2D eigenvalue weighted by atomic mass is 16.6. The van der Waals surface area contributed by atoms with E-state index in [-0.39, 0.29) is 11.7 Å². The first-order chi connectivity index (χ1) is 12.1. The molecule has 1 unspecified atom stereocenters. The molecule has 0 saturated heterocycles. The number of non-ortho nitro benzene ring substituents is 1. The second kappa shape index (κ2) is 9.42. The summed E-state index contributed by atoms with van der Waals surface area (Å²) in [6, 6.07) is 17.2. The molecular weight excluding hydrogens is 316 g/mol. The van der Waals surface area contributed by atoms with Crippen molar-refractivity contribution in [1.82, 2.24) is 10.6 Å². The number of nitrogens with one attached hydrogen (secondary N) is 2. The van der Waals surface area contributed by atoms with Crippen molar-refractivity contribution in [1.29, 1.82) is 0 Å². The van der Waals surface area contributed by atoms with Crippen LogP contribution in [0.15, 0.2) is 59.6 Å². The van der Waals surface area contributed by atoms with E-state index in [1.54, 1.807) is 19.2 Å². The first-order valence-corrected chi connectivity index (χ1v) is 8.33. The summed E-state index contributed by atoms with van der Waals surface area (Å²) in [6.07, 6.45) is 2.01. The number of guanidine groups is 1. The van der Waals surface area contributed by atoms with Gasteiger partial charge in [0.15, 0.2) is 5.96 Å². The van der Waals surface area contributed by atoms with Crippen molar-refractivity contribution < 1.29 is 4.92 Å². The fourth-order valence-corrected chi connectivity index (χ4v) is 2.45. The molecule has 0 fully saturated rings. The number of nitrogens with zero attached hydrogens (tertiary/aromatic N) is 2. The van der Waals surface area contributed by atoms with Gasteiger partial charge in [-0.25, -0.2) is 0 Å². The minimum Gasteiger partial charge on any atom is -0.354 e. The molecule has 132 valence electrons. The summed E-state index contributed by atoms with van der Waals surface area (Å²) in [7, 11) is 1.73. The summed E-state index contributed by atoms with van der Waals surface area (Å²) < 4.78 is 0. The van der Waals surface area contributed by atoms with E-state index in [0.29, 0.717) is 6.54 Å². The van der Waals surface area contributed by atoms with E-state index >= 15 is 0 Å². The first kappa shape index (κ1) is 18.4. The van der Waals surface area contributed by atoms with Crippen LogP contribution in [0.25, 0.3) is 0 Å². The van der Waals surface area contributed by atoms with E-state index in [9.17, 15) is 10.1 Å². The van der Waals surface area contributed by atoms with Gasteiger partial charge in [0.05, 0.1) is 4.92 Å². The number of hydrogen-bond acceptors (Lipinski definition) is 3. The first-order valence-electron chi connectivity index (χ1n) is 8.33. The van der Waals surface area contributed by atoms with E-state index in [1.165, 1.54) is 17.7 Å². The zero-order chi connectivity index (χ0) is 18.1. The van der Waals surface area contributed by atoms with Gasteiger partial charge in [-0.2, -0.15) is 0 Å². The fourth-order valence-electron chi connectivity index (χ4n) is 2.45. The van der Waals surface area contributed by atoms with Crippen LogP contribution in [0, 0.1) is 10.1 Å². The summed E-state index contributed by atoms with van der Waals surface area (Å²) in [5, 5.41) is 17.3. The molecule has 2 aromatic carbocycles. The lowest BCUT2D eigenvalue weighted by molar-refractivity contribution is -0.384. The van der Waals surface area contributed by atoms with Crippen LogP contribution in [0.2, 0.25) is 0 Å². The zero-order valence-electron chi connectivity index (χ0n) is 14.6. The maximum absolute atomic E-state index is 10.7. The van der Waals surface area contributed by atoms with Crippen molar-refractivity contribution in [2.45, 2.75) is 32.4 Å². The van der Waals surface area contributed by atoms with Crippen LogP contribution in [0.1, 0.15) is 24.5 Å². The summed E-state index contributed by atoms with van der Waals surface area (Å²) in [6.45, 7) is 2.69. The zero-order valence-corrected chi connectivity index (χ0v) is 14.6. The molecule has 0 bridgehead atoms. The molecule has 0 radical (unpaired) electrons.